The molecule has 0 aliphatic heterocycles. The molecule has 0 saturated carbocycles. The molecular weight excluding hydrogens is 322 g/mol. The summed E-state index contributed by atoms with van der Waals surface area (Å²) in [4.78, 5) is 22.1. The number of nitrogens with zero attached hydrogens (tertiary/aromatic N) is 1. The molecule has 0 bridgehead atoms. The molecule has 0 radical (unpaired) electrons. The molecule has 0 aliphatic carbocycles. The Morgan fingerprint density at radius 3 is 2.48 bits per heavy atom. The van der Waals surface area contributed by atoms with Gasteiger partial charge >= 0.3 is 5.97 Å². The molecule has 2 aromatic carbocycles. The first-order chi connectivity index (χ1) is 12.0. The standard InChI is InChI=1S/C19H19NO5/c1-14-11-15(2)13-17(12-14)24-9-10-25-19(21)8-7-16-5-3-4-6-18(16)20(22)23/h3-8,11-13H,9-10H2,1-2H3/b8-7+. The van der Waals surface area contributed by atoms with Crippen molar-refractivity contribution in [2.24, 2.45) is 0 Å². The fourth-order valence-electron chi connectivity index (χ4n) is 2.32. The number of nitro groups is 1. The Balaban J connectivity index is 1.82. The van der Waals surface area contributed by atoms with Crippen molar-refractivity contribution >= 4 is 17.7 Å². The molecule has 0 heterocycles. The minimum Gasteiger partial charge on any atom is -0.490 e. The van der Waals surface area contributed by atoms with Crippen molar-refractivity contribution in [3.05, 3.63) is 75.3 Å². The second kappa shape index (κ2) is 8.63. The van der Waals surface area contributed by atoms with Gasteiger partial charge in [0, 0.05) is 12.1 Å². The third-order valence-electron chi connectivity index (χ3n) is 3.32. The van der Waals surface area contributed by atoms with Crippen LogP contribution in [0.15, 0.2) is 48.5 Å². The van der Waals surface area contributed by atoms with Gasteiger partial charge in [0.25, 0.3) is 5.69 Å². The average molecular weight is 341 g/mol. The van der Waals surface area contributed by atoms with E-state index >= 15 is 0 Å². The summed E-state index contributed by atoms with van der Waals surface area (Å²) in [6.45, 7) is 4.28. The van der Waals surface area contributed by atoms with Crippen LogP contribution in [0.2, 0.25) is 0 Å². The Bertz CT molecular complexity index is 778. The first-order valence-electron chi connectivity index (χ1n) is 7.75. The lowest BCUT2D eigenvalue weighted by molar-refractivity contribution is -0.385. The number of hydrogen-bond acceptors (Lipinski definition) is 5. The van der Waals surface area contributed by atoms with Gasteiger partial charge in [-0.25, -0.2) is 4.79 Å². The normalized spacial score (nSPS) is 10.6. The van der Waals surface area contributed by atoms with E-state index in [-0.39, 0.29) is 18.9 Å². The molecule has 0 unspecified atom stereocenters. The Morgan fingerprint density at radius 1 is 1.12 bits per heavy atom. The second-order valence-electron chi connectivity index (χ2n) is 5.49. The third kappa shape index (κ3) is 5.76. The van der Waals surface area contributed by atoms with Gasteiger partial charge in [-0.1, -0.05) is 18.2 Å². The van der Waals surface area contributed by atoms with Crippen molar-refractivity contribution in [1.29, 1.82) is 0 Å². The van der Waals surface area contributed by atoms with Crippen LogP contribution in [0.3, 0.4) is 0 Å². The quantitative estimate of drug-likeness (QED) is 0.251. The lowest BCUT2D eigenvalue weighted by Crippen LogP contribution is -2.10. The van der Waals surface area contributed by atoms with Gasteiger partial charge in [0.05, 0.1) is 10.5 Å². The van der Waals surface area contributed by atoms with Gasteiger partial charge in [-0.15, -0.1) is 0 Å². The number of para-hydroxylation sites is 1. The monoisotopic (exact) mass is 341 g/mol. The van der Waals surface area contributed by atoms with Crippen LogP contribution in [0.25, 0.3) is 6.08 Å². The zero-order valence-electron chi connectivity index (χ0n) is 14.1. The maximum Gasteiger partial charge on any atom is 0.330 e. The fraction of sp³-hybridized carbons (Fsp3) is 0.211. The van der Waals surface area contributed by atoms with E-state index < -0.39 is 10.9 Å². The molecule has 25 heavy (non-hydrogen) atoms. The summed E-state index contributed by atoms with van der Waals surface area (Å²) >= 11 is 0. The first kappa shape index (κ1) is 18.2. The smallest absolute Gasteiger partial charge is 0.330 e. The van der Waals surface area contributed by atoms with E-state index in [9.17, 15) is 14.9 Å². The van der Waals surface area contributed by atoms with Crippen molar-refractivity contribution in [2.45, 2.75) is 13.8 Å². The number of carbonyl (C=O) groups is 1. The number of rotatable bonds is 7. The van der Waals surface area contributed by atoms with E-state index in [0.717, 1.165) is 16.9 Å². The first-order valence-corrected chi connectivity index (χ1v) is 7.75. The highest BCUT2D eigenvalue weighted by atomic mass is 16.6. The average Bonchev–Trinajstić information content (AvgIpc) is 2.56. The molecular formula is C19H19NO5. The van der Waals surface area contributed by atoms with Crippen LogP contribution in [0.5, 0.6) is 5.75 Å². The molecule has 0 saturated heterocycles. The van der Waals surface area contributed by atoms with Gasteiger partial charge in [0.2, 0.25) is 0 Å². The Kier molecular flexibility index (Phi) is 6.28. The van der Waals surface area contributed by atoms with Crippen molar-refractivity contribution < 1.29 is 19.2 Å². The van der Waals surface area contributed by atoms with Crippen LogP contribution < -0.4 is 4.74 Å². The lowest BCUT2D eigenvalue weighted by atomic mass is 10.1. The summed E-state index contributed by atoms with van der Waals surface area (Å²) in [5.41, 5.74) is 2.47. The van der Waals surface area contributed by atoms with Crippen molar-refractivity contribution in [2.75, 3.05) is 13.2 Å². The van der Waals surface area contributed by atoms with Crippen molar-refractivity contribution in [3.63, 3.8) is 0 Å². The van der Waals surface area contributed by atoms with E-state index in [2.05, 4.69) is 0 Å². The molecule has 0 spiro atoms. The summed E-state index contributed by atoms with van der Waals surface area (Å²) in [7, 11) is 0. The van der Waals surface area contributed by atoms with Gasteiger partial charge in [0.1, 0.15) is 19.0 Å². The SMILES string of the molecule is Cc1cc(C)cc(OCCOC(=O)/C=C/c2ccccc2[N+](=O)[O-])c1. The molecule has 0 amide bonds. The van der Waals surface area contributed by atoms with Gasteiger partial charge in [-0.2, -0.15) is 0 Å². The summed E-state index contributed by atoms with van der Waals surface area (Å²) < 4.78 is 10.6. The van der Waals surface area contributed by atoms with Crippen molar-refractivity contribution in [3.8, 4) is 5.75 Å². The lowest BCUT2D eigenvalue weighted by Gasteiger charge is -2.08. The minimum absolute atomic E-state index is 0.0651. The van der Waals surface area contributed by atoms with Crippen LogP contribution in [-0.4, -0.2) is 24.1 Å². The number of carbonyl (C=O) groups excluding carboxylic acids is 1. The molecule has 6 nitrogen and oxygen atoms in total. The number of esters is 1. The topological polar surface area (TPSA) is 78.7 Å². The van der Waals surface area contributed by atoms with E-state index in [0.29, 0.717) is 5.56 Å². The van der Waals surface area contributed by atoms with E-state index in [1.807, 2.05) is 32.0 Å². The minimum atomic E-state index is -0.581. The Labute approximate surface area is 145 Å². The van der Waals surface area contributed by atoms with E-state index in [1.54, 1.807) is 18.2 Å². The van der Waals surface area contributed by atoms with Gasteiger partial charge in [-0.3, -0.25) is 10.1 Å². The maximum absolute atomic E-state index is 11.7. The molecule has 0 atom stereocenters. The maximum atomic E-state index is 11.7. The molecule has 2 rings (SSSR count). The van der Waals surface area contributed by atoms with Crippen LogP contribution in [0.1, 0.15) is 16.7 Å². The van der Waals surface area contributed by atoms with Crippen LogP contribution >= 0.6 is 0 Å². The highest BCUT2D eigenvalue weighted by Gasteiger charge is 2.09. The largest absolute Gasteiger partial charge is 0.490 e. The Hall–Kier alpha value is -3.15. The molecule has 0 fully saturated rings. The third-order valence-corrected chi connectivity index (χ3v) is 3.32. The molecule has 0 N–H and O–H groups in total. The zero-order valence-corrected chi connectivity index (χ0v) is 14.1. The summed E-state index contributed by atoms with van der Waals surface area (Å²) in [5.74, 6) is 0.145. The van der Waals surface area contributed by atoms with Gasteiger partial charge in [-0.05, 0) is 49.2 Å². The molecule has 6 heteroatoms. The van der Waals surface area contributed by atoms with Crippen LogP contribution in [0.4, 0.5) is 5.69 Å². The summed E-state index contributed by atoms with van der Waals surface area (Å²) in [6, 6.07) is 12.0. The molecule has 130 valence electrons. The number of hydrogen-bond donors (Lipinski definition) is 0. The number of ether oxygens (including phenoxy) is 2. The van der Waals surface area contributed by atoms with E-state index in [1.165, 1.54) is 18.2 Å². The van der Waals surface area contributed by atoms with Gasteiger partial charge in [0.15, 0.2) is 0 Å². The number of nitro benzene ring substituents is 1. The zero-order chi connectivity index (χ0) is 18.2. The van der Waals surface area contributed by atoms with Crippen LogP contribution in [-0.2, 0) is 9.53 Å². The second-order valence-corrected chi connectivity index (χ2v) is 5.49. The highest BCUT2D eigenvalue weighted by molar-refractivity contribution is 5.87. The Morgan fingerprint density at radius 2 is 1.80 bits per heavy atom. The summed E-state index contributed by atoms with van der Waals surface area (Å²) in [6.07, 6.45) is 2.53. The summed E-state index contributed by atoms with van der Waals surface area (Å²) in [5, 5.41) is 10.9. The fourth-order valence-corrected chi connectivity index (χ4v) is 2.32. The predicted molar refractivity (Wildman–Crippen MR) is 94.5 cm³/mol. The van der Waals surface area contributed by atoms with Crippen LogP contribution in [0, 0.1) is 24.0 Å². The van der Waals surface area contributed by atoms with Gasteiger partial charge < -0.3 is 9.47 Å². The highest BCUT2D eigenvalue weighted by Crippen LogP contribution is 2.19. The molecule has 2 aromatic rings. The predicted octanol–water partition coefficient (Wildman–Crippen LogP) is 3.85. The number of benzene rings is 2. The van der Waals surface area contributed by atoms with Crippen molar-refractivity contribution in [1.82, 2.24) is 0 Å². The molecule has 0 aromatic heterocycles. The number of aryl methyl sites for hydroxylation is 2. The molecule has 0 aliphatic rings. The van der Waals surface area contributed by atoms with E-state index in [4.69, 9.17) is 9.47 Å².